The molecule has 128 valence electrons. The molecule has 0 spiro atoms. The second-order valence-electron chi connectivity index (χ2n) is 8.23. The number of anilines is 1. The van der Waals surface area contributed by atoms with Crippen LogP contribution in [0.3, 0.4) is 0 Å². The lowest BCUT2D eigenvalue weighted by molar-refractivity contribution is -0.0659. The van der Waals surface area contributed by atoms with Crippen molar-refractivity contribution in [2.45, 2.75) is 63.6 Å². The summed E-state index contributed by atoms with van der Waals surface area (Å²) in [6.45, 7) is 7.59. The average Bonchev–Trinajstić information content (AvgIpc) is 2.73. The Hall–Kier alpha value is -2.31. The molecule has 0 radical (unpaired) electrons. The molecule has 2 aromatic rings. The zero-order valence-electron chi connectivity index (χ0n) is 14.5. The van der Waals surface area contributed by atoms with Gasteiger partial charge in [0.05, 0.1) is 11.2 Å². The molecule has 3 aliphatic rings. The van der Waals surface area contributed by atoms with Crippen LogP contribution in [0.25, 0.3) is 5.52 Å². The van der Waals surface area contributed by atoms with Crippen molar-refractivity contribution in [2.24, 2.45) is 0 Å². The molecule has 7 heteroatoms. The quantitative estimate of drug-likeness (QED) is 0.905. The normalized spacial score (nSPS) is 28.0. The van der Waals surface area contributed by atoms with Crippen LogP contribution in [0.2, 0.25) is 0 Å². The van der Waals surface area contributed by atoms with E-state index in [0.29, 0.717) is 0 Å². The van der Waals surface area contributed by atoms with Crippen LogP contribution < -0.4 is 10.6 Å². The smallest absolute Gasteiger partial charge is 0.408 e. The fourth-order valence-electron chi connectivity index (χ4n) is 3.96. The summed E-state index contributed by atoms with van der Waals surface area (Å²) in [5.41, 5.74) is 1.39. The molecule has 24 heavy (non-hydrogen) atoms. The van der Waals surface area contributed by atoms with Gasteiger partial charge in [-0.05, 0) is 53.0 Å². The Morgan fingerprint density at radius 1 is 1.29 bits per heavy atom. The maximum atomic E-state index is 12.0. The first-order valence-corrected chi connectivity index (χ1v) is 8.28. The van der Waals surface area contributed by atoms with Gasteiger partial charge >= 0.3 is 6.09 Å². The van der Waals surface area contributed by atoms with E-state index in [-0.39, 0.29) is 17.2 Å². The molecule has 3 aliphatic carbocycles. The largest absolute Gasteiger partial charge is 0.444 e. The monoisotopic (exact) mass is 329 g/mol. The summed E-state index contributed by atoms with van der Waals surface area (Å²) in [4.78, 5) is 16.4. The Labute approximate surface area is 140 Å². The Morgan fingerprint density at radius 2 is 2.00 bits per heavy atom. The molecular weight excluding hydrogens is 306 g/mol. The number of aryl methyl sites for hydroxylation is 1. The molecule has 0 saturated heterocycles. The lowest BCUT2D eigenvalue weighted by atomic mass is 9.44. The van der Waals surface area contributed by atoms with E-state index in [4.69, 9.17) is 4.74 Å². The number of hydrogen-bond donors (Lipinski definition) is 2. The molecule has 0 unspecified atom stereocenters. The number of carbonyl (C=O) groups excluding carboxylic acids is 1. The highest BCUT2D eigenvalue weighted by atomic mass is 16.6. The minimum Gasteiger partial charge on any atom is -0.444 e. The second-order valence-corrected chi connectivity index (χ2v) is 8.23. The van der Waals surface area contributed by atoms with Gasteiger partial charge in [0.2, 0.25) is 0 Å². The number of ether oxygens (including phenoxy) is 1. The summed E-state index contributed by atoms with van der Waals surface area (Å²) in [5, 5.41) is 11.0. The number of nitrogens with zero attached hydrogens (tertiary/aromatic N) is 3. The molecule has 0 aliphatic heterocycles. The first kappa shape index (κ1) is 15.2. The lowest BCUT2D eigenvalue weighted by Gasteiger charge is -2.70. The zero-order valence-corrected chi connectivity index (χ0v) is 14.5. The zero-order chi connectivity index (χ0) is 17.2. The van der Waals surface area contributed by atoms with E-state index < -0.39 is 5.60 Å². The van der Waals surface area contributed by atoms with Gasteiger partial charge in [0.1, 0.15) is 11.1 Å². The standard InChI is InChI=1S/C17H23N5O2/c1-11-7-12-13(18-5-6-22(12)21-11)19-16-8-17(9-16,10-16)20-14(23)24-15(2,3)4/h5-7H,8-10H2,1-4H3,(H,18,19)(H,20,23). The SMILES string of the molecule is Cc1cc2c(NC34CC(NC(=O)OC(C)(C)C)(C3)C4)nccn2n1. The van der Waals surface area contributed by atoms with E-state index in [2.05, 4.69) is 20.7 Å². The molecule has 7 nitrogen and oxygen atoms in total. The van der Waals surface area contributed by atoms with Crippen LogP contribution in [0.4, 0.5) is 10.6 Å². The van der Waals surface area contributed by atoms with E-state index >= 15 is 0 Å². The first-order valence-electron chi connectivity index (χ1n) is 8.28. The number of fused-ring (bicyclic) bond motifs is 1. The van der Waals surface area contributed by atoms with E-state index in [1.165, 1.54) is 0 Å². The third-order valence-corrected chi connectivity index (χ3v) is 4.69. The number of alkyl carbamates (subject to hydrolysis) is 1. The highest BCUT2D eigenvalue weighted by Gasteiger charge is 2.69. The number of amides is 1. The third kappa shape index (κ3) is 2.48. The molecule has 3 fully saturated rings. The van der Waals surface area contributed by atoms with E-state index in [9.17, 15) is 4.79 Å². The Balaban J connectivity index is 1.40. The molecule has 0 aromatic carbocycles. The molecule has 3 saturated carbocycles. The van der Waals surface area contributed by atoms with E-state index in [1.54, 1.807) is 6.20 Å². The summed E-state index contributed by atoms with van der Waals surface area (Å²) in [6.07, 6.45) is 5.96. The van der Waals surface area contributed by atoms with E-state index in [0.717, 1.165) is 36.3 Å². The van der Waals surface area contributed by atoms with Crippen LogP contribution in [0.15, 0.2) is 18.5 Å². The maximum Gasteiger partial charge on any atom is 0.408 e. The van der Waals surface area contributed by atoms with Crippen LogP contribution in [-0.2, 0) is 4.74 Å². The number of aromatic nitrogens is 3. The predicted octanol–water partition coefficient (Wildman–Crippen LogP) is 2.65. The van der Waals surface area contributed by atoms with Gasteiger partial charge in [0.15, 0.2) is 5.82 Å². The van der Waals surface area contributed by atoms with Gasteiger partial charge in [-0.25, -0.2) is 14.3 Å². The fourth-order valence-corrected chi connectivity index (χ4v) is 3.96. The minimum absolute atomic E-state index is 0.0298. The molecule has 2 heterocycles. The molecular formula is C17H23N5O2. The Bertz CT molecular complexity index is 800. The van der Waals surface area contributed by atoms with Gasteiger partial charge in [0, 0.05) is 17.9 Å². The van der Waals surface area contributed by atoms with Crippen molar-refractivity contribution in [1.29, 1.82) is 0 Å². The molecule has 2 aromatic heterocycles. The average molecular weight is 329 g/mol. The summed E-state index contributed by atoms with van der Waals surface area (Å²) >= 11 is 0. The van der Waals surface area contributed by atoms with Crippen molar-refractivity contribution in [1.82, 2.24) is 19.9 Å². The Kier molecular flexibility index (Phi) is 2.93. The van der Waals surface area contributed by atoms with Crippen molar-refractivity contribution in [2.75, 3.05) is 5.32 Å². The molecule has 2 N–H and O–H groups in total. The number of nitrogens with one attached hydrogen (secondary N) is 2. The van der Waals surface area contributed by atoms with Gasteiger partial charge in [0.25, 0.3) is 0 Å². The summed E-state index contributed by atoms with van der Waals surface area (Å²) in [6, 6.07) is 2.02. The summed E-state index contributed by atoms with van der Waals surface area (Å²) in [5.74, 6) is 0.851. The topological polar surface area (TPSA) is 80.5 Å². The second kappa shape index (κ2) is 4.62. The molecule has 1 amide bonds. The van der Waals surface area contributed by atoms with Crippen LogP contribution in [0.1, 0.15) is 45.7 Å². The maximum absolute atomic E-state index is 12.0. The van der Waals surface area contributed by atoms with Crippen LogP contribution in [-0.4, -0.2) is 37.4 Å². The van der Waals surface area contributed by atoms with Crippen LogP contribution >= 0.6 is 0 Å². The van der Waals surface area contributed by atoms with E-state index in [1.807, 2.05) is 44.5 Å². The fraction of sp³-hybridized carbons (Fsp3) is 0.588. The van der Waals surface area contributed by atoms with Gasteiger partial charge in [-0.1, -0.05) is 0 Å². The summed E-state index contributed by atoms with van der Waals surface area (Å²) < 4.78 is 7.19. The Morgan fingerprint density at radius 3 is 2.67 bits per heavy atom. The van der Waals surface area contributed by atoms with Crippen LogP contribution in [0, 0.1) is 6.92 Å². The number of carbonyl (C=O) groups is 1. The van der Waals surface area contributed by atoms with Gasteiger partial charge < -0.3 is 15.4 Å². The van der Waals surface area contributed by atoms with Crippen LogP contribution in [0.5, 0.6) is 0 Å². The van der Waals surface area contributed by atoms with Gasteiger partial charge in [-0.3, -0.25) is 0 Å². The molecule has 0 atom stereocenters. The highest BCUT2D eigenvalue weighted by molar-refractivity contribution is 5.72. The van der Waals surface area contributed by atoms with Crippen molar-refractivity contribution < 1.29 is 9.53 Å². The van der Waals surface area contributed by atoms with Crippen molar-refractivity contribution in [3.63, 3.8) is 0 Å². The molecule has 2 bridgehead atoms. The third-order valence-electron chi connectivity index (χ3n) is 4.69. The van der Waals surface area contributed by atoms with Crippen molar-refractivity contribution >= 4 is 17.4 Å². The summed E-state index contributed by atoms with van der Waals surface area (Å²) in [7, 11) is 0. The van der Waals surface area contributed by atoms with Crippen molar-refractivity contribution in [3.8, 4) is 0 Å². The minimum atomic E-state index is -0.469. The first-order chi connectivity index (χ1) is 11.2. The van der Waals surface area contributed by atoms with Crippen molar-refractivity contribution in [3.05, 3.63) is 24.2 Å². The predicted molar refractivity (Wildman–Crippen MR) is 90.0 cm³/mol. The highest BCUT2D eigenvalue weighted by Crippen LogP contribution is 2.61. The lowest BCUT2D eigenvalue weighted by Crippen LogP contribution is -2.81. The number of hydrogen-bond acceptors (Lipinski definition) is 5. The number of rotatable bonds is 3. The molecule has 5 rings (SSSR count). The van der Waals surface area contributed by atoms with Gasteiger partial charge in [-0.15, -0.1) is 0 Å². The van der Waals surface area contributed by atoms with Gasteiger partial charge in [-0.2, -0.15) is 5.10 Å².